The fourth-order valence-electron chi connectivity index (χ4n) is 1.41. The Balaban J connectivity index is 2.91. The minimum Gasteiger partial charge on any atom is -0.292 e. The summed E-state index contributed by atoms with van der Waals surface area (Å²) in [5.41, 5.74) is 0.724. The first-order chi connectivity index (χ1) is 9.91. The van der Waals surface area contributed by atoms with E-state index in [-0.39, 0.29) is 18.9 Å². The van der Waals surface area contributed by atoms with Crippen molar-refractivity contribution in [1.29, 1.82) is 0 Å². The first-order valence-corrected chi connectivity index (χ1v) is 7.75. The van der Waals surface area contributed by atoms with Gasteiger partial charge >= 0.3 is 7.82 Å². The van der Waals surface area contributed by atoms with E-state index in [2.05, 4.69) is 5.16 Å². The van der Waals surface area contributed by atoms with Crippen LogP contribution in [0.15, 0.2) is 29.4 Å². The maximum atomic E-state index is 12.0. The molecule has 0 radical (unpaired) electrons. The summed E-state index contributed by atoms with van der Waals surface area (Å²) in [5.74, 6) is 0. The van der Waals surface area contributed by atoms with Crippen LogP contribution < -0.4 is 0 Å². The molecule has 0 aliphatic rings. The zero-order chi connectivity index (χ0) is 15.9. The molecule has 0 unspecified atom stereocenters. The molecule has 0 aliphatic heterocycles. The Kier molecular flexibility index (Phi) is 6.48. The van der Waals surface area contributed by atoms with Crippen LogP contribution in [0.1, 0.15) is 26.3 Å². The molecule has 1 rings (SSSR count). The third-order valence-corrected chi connectivity index (χ3v) is 3.76. The van der Waals surface area contributed by atoms with E-state index in [0.717, 1.165) is 0 Å². The van der Waals surface area contributed by atoms with Gasteiger partial charge in [0.2, 0.25) is 0 Å². The van der Waals surface area contributed by atoms with E-state index in [1.165, 1.54) is 18.2 Å². The fourth-order valence-corrected chi connectivity index (χ4v) is 2.43. The Bertz CT molecular complexity index is 565. The summed E-state index contributed by atoms with van der Waals surface area (Å²) in [5, 5.41) is 14.4. The molecule has 0 amide bonds. The van der Waals surface area contributed by atoms with Crippen molar-refractivity contribution in [1.82, 2.24) is 0 Å². The van der Waals surface area contributed by atoms with Crippen LogP contribution in [0.2, 0.25) is 0 Å². The van der Waals surface area contributed by atoms with Gasteiger partial charge in [0.1, 0.15) is 0 Å². The highest BCUT2D eigenvalue weighted by atomic mass is 31.2. The van der Waals surface area contributed by atoms with Gasteiger partial charge in [0.15, 0.2) is 0 Å². The molecule has 0 bridgehead atoms. The summed E-state index contributed by atoms with van der Waals surface area (Å²) in [7, 11) is -3.75. The summed E-state index contributed by atoms with van der Waals surface area (Å²) >= 11 is 0. The molecule has 8 nitrogen and oxygen atoms in total. The molecule has 0 spiro atoms. The predicted octanol–water partition coefficient (Wildman–Crippen LogP) is 3.52. The number of nitro groups is 1. The predicted molar refractivity (Wildman–Crippen MR) is 77.3 cm³/mol. The van der Waals surface area contributed by atoms with Crippen LogP contribution in [0.3, 0.4) is 0 Å². The average molecular weight is 316 g/mol. The first kappa shape index (κ1) is 17.3. The third kappa shape index (κ3) is 5.26. The van der Waals surface area contributed by atoms with Gasteiger partial charge in [-0.25, -0.2) is 4.57 Å². The molecular weight excluding hydrogens is 299 g/mol. The van der Waals surface area contributed by atoms with Gasteiger partial charge in [-0.05, 0) is 20.8 Å². The maximum Gasteiger partial charge on any atom is 0.550 e. The Morgan fingerprint density at radius 1 is 1.33 bits per heavy atom. The number of nitro benzene ring substituents is 1. The molecular formula is C12H17N2O6P. The molecule has 1 aromatic rings. The molecule has 0 fully saturated rings. The van der Waals surface area contributed by atoms with Gasteiger partial charge in [-0.2, -0.15) is 0 Å². The van der Waals surface area contributed by atoms with E-state index in [0.29, 0.717) is 11.3 Å². The maximum absolute atomic E-state index is 12.0. The zero-order valence-electron chi connectivity index (χ0n) is 12.0. The van der Waals surface area contributed by atoms with Crippen molar-refractivity contribution >= 4 is 19.2 Å². The number of oxime groups is 1. The monoisotopic (exact) mass is 316 g/mol. The largest absolute Gasteiger partial charge is 0.550 e. The van der Waals surface area contributed by atoms with Gasteiger partial charge in [0.25, 0.3) is 5.69 Å². The van der Waals surface area contributed by atoms with Crippen LogP contribution in [-0.2, 0) is 18.2 Å². The molecule has 0 aliphatic carbocycles. The van der Waals surface area contributed by atoms with Crippen molar-refractivity contribution in [2.24, 2.45) is 5.16 Å². The molecule has 0 N–H and O–H groups in total. The highest BCUT2D eigenvalue weighted by Crippen LogP contribution is 2.49. The second kappa shape index (κ2) is 7.87. The number of hydrogen-bond acceptors (Lipinski definition) is 7. The quantitative estimate of drug-likeness (QED) is 0.315. The SMILES string of the molecule is CCOP(=O)(OCC)O/N=C(\C)c1cccc([N+](=O)[O-])c1. The second-order valence-corrected chi connectivity index (χ2v) is 5.42. The zero-order valence-corrected chi connectivity index (χ0v) is 12.9. The van der Waals surface area contributed by atoms with Crippen molar-refractivity contribution in [3.05, 3.63) is 39.9 Å². The van der Waals surface area contributed by atoms with Crippen LogP contribution >= 0.6 is 7.82 Å². The number of hydrogen-bond donors (Lipinski definition) is 0. The number of phosphoric ester groups is 1. The number of phosphoric acid groups is 1. The molecule has 21 heavy (non-hydrogen) atoms. The van der Waals surface area contributed by atoms with Crippen LogP contribution in [0.4, 0.5) is 5.69 Å². The summed E-state index contributed by atoms with van der Waals surface area (Å²) in [6, 6.07) is 5.86. The lowest BCUT2D eigenvalue weighted by Gasteiger charge is -2.13. The van der Waals surface area contributed by atoms with Crippen molar-refractivity contribution in [2.75, 3.05) is 13.2 Å². The number of non-ortho nitro benzene ring substituents is 1. The molecule has 0 aromatic heterocycles. The van der Waals surface area contributed by atoms with E-state index in [1.807, 2.05) is 0 Å². The Hall–Kier alpha value is -1.76. The summed E-state index contributed by atoms with van der Waals surface area (Å²) in [6.07, 6.45) is 0. The van der Waals surface area contributed by atoms with Crippen LogP contribution in [-0.4, -0.2) is 23.8 Å². The van der Waals surface area contributed by atoms with Gasteiger partial charge in [0.05, 0.1) is 23.8 Å². The van der Waals surface area contributed by atoms with Crippen molar-refractivity contribution in [3.8, 4) is 0 Å². The van der Waals surface area contributed by atoms with Crippen molar-refractivity contribution in [2.45, 2.75) is 20.8 Å². The number of nitrogens with zero attached hydrogens (tertiary/aromatic N) is 2. The molecule has 116 valence electrons. The topological polar surface area (TPSA) is 100 Å². The van der Waals surface area contributed by atoms with E-state index < -0.39 is 12.7 Å². The van der Waals surface area contributed by atoms with Crippen LogP contribution in [0, 0.1) is 10.1 Å². The third-order valence-electron chi connectivity index (χ3n) is 2.33. The van der Waals surface area contributed by atoms with Crippen molar-refractivity contribution < 1.29 is 23.2 Å². The lowest BCUT2D eigenvalue weighted by Crippen LogP contribution is -2.01. The van der Waals surface area contributed by atoms with Crippen LogP contribution in [0.5, 0.6) is 0 Å². The highest BCUT2D eigenvalue weighted by Gasteiger charge is 2.27. The van der Waals surface area contributed by atoms with E-state index in [1.54, 1.807) is 26.8 Å². The average Bonchev–Trinajstić information content (AvgIpc) is 2.45. The Morgan fingerprint density at radius 3 is 2.48 bits per heavy atom. The standard InChI is InChI=1S/C12H17N2O6P/c1-4-18-21(17,19-5-2)20-13-10(3)11-7-6-8-12(9-11)14(15)16/h6-9H,4-5H2,1-3H3/b13-10+. The summed E-state index contributed by atoms with van der Waals surface area (Å²) < 4.78 is 26.7. The van der Waals surface area contributed by atoms with Gasteiger partial charge in [-0.1, -0.05) is 17.3 Å². The molecule has 0 heterocycles. The van der Waals surface area contributed by atoms with Crippen LogP contribution in [0.25, 0.3) is 0 Å². The molecule has 0 atom stereocenters. The second-order valence-electron chi connectivity index (χ2n) is 3.85. The van der Waals surface area contributed by atoms with E-state index in [4.69, 9.17) is 13.7 Å². The molecule has 0 saturated carbocycles. The minimum absolute atomic E-state index is 0.0696. The van der Waals surface area contributed by atoms with Gasteiger partial charge in [-0.15, -0.1) is 0 Å². The Labute approximate surface area is 122 Å². The number of rotatable bonds is 8. The first-order valence-electron chi connectivity index (χ1n) is 6.29. The Morgan fingerprint density at radius 2 is 1.95 bits per heavy atom. The highest BCUT2D eigenvalue weighted by molar-refractivity contribution is 7.48. The van der Waals surface area contributed by atoms with Crippen molar-refractivity contribution in [3.63, 3.8) is 0 Å². The molecule has 9 heteroatoms. The van der Waals surface area contributed by atoms with Gasteiger partial charge in [-0.3, -0.25) is 23.8 Å². The summed E-state index contributed by atoms with van der Waals surface area (Å²) in [6.45, 7) is 5.14. The molecule has 1 aromatic carbocycles. The summed E-state index contributed by atoms with van der Waals surface area (Å²) in [4.78, 5) is 10.2. The lowest BCUT2D eigenvalue weighted by atomic mass is 10.1. The van der Waals surface area contributed by atoms with Gasteiger partial charge < -0.3 is 0 Å². The van der Waals surface area contributed by atoms with E-state index in [9.17, 15) is 14.7 Å². The number of benzene rings is 1. The smallest absolute Gasteiger partial charge is 0.292 e. The van der Waals surface area contributed by atoms with Gasteiger partial charge in [0, 0.05) is 17.7 Å². The van der Waals surface area contributed by atoms with E-state index >= 15 is 0 Å². The minimum atomic E-state index is -3.75. The normalized spacial score (nSPS) is 12.2. The fraction of sp³-hybridized carbons (Fsp3) is 0.417. The lowest BCUT2D eigenvalue weighted by molar-refractivity contribution is -0.384. The molecule has 0 saturated heterocycles.